The van der Waals surface area contributed by atoms with E-state index in [1.165, 1.54) is 19.1 Å². The van der Waals surface area contributed by atoms with E-state index in [9.17, 15) is 24.3 Å². The molecule has 2 atom stereocenters. The van der Waals surface area contributed by atoms with Crippen molar-refractivity contribution >= 4 is 23.5 Å². The first-order chi connectivity index (χ1) is 17.7. The molecule has 1 rings (SSSR count). The number of Topliss-reactive ketones (excluding diaryl/α,β-unsaturated/α-hetero) is 1. The van der Waals surface area contributed by atoms with Gasteiger partial charge in [0.05, 0.1) is 38.4 Å². The van der Waals surface area contributed by atoms with Crippen molar-refractivity contribution in [3.8, 4) is 5.75 Å². The predicted octanol–water partition coefficient (Wildman–Crippen LogP) is -1.01. The lowest BCUT2D eigenvalue weighted by molar-refractivity contribution is -0.126. The molecule has 0 bridgehead atoms. The number of rotatable bonds is 21. The molecular formula is C25H41N5O7. The predicted molar refractivity (Wildman–Crippen MR) is 138 cm³/mol. The standard InChI is InChI=1S/C25H41N5O7/c1-18(31)28-11-12-36-13-14-37-17-24(34)29-10-4-3-5-21(27-2)23(33)16-30-22(25(26)35)15-19-6-8-20(32)9-7-19/h6-9,21-22,27,30,32H,3-5,10-17H2,1-2H3,(H2,26,35)(H,28,31)(H,29,34)/t21-,22-/m0/s1. The van der Waals surface area contributed by atoms with Crippen molar-refractivity contribution in [2.45, 2.75) is 44.7 Å². The number of carbonyl (C=O) groups is 4. The third-order valence-electron chi connectivity index (χ3n) is 5.45. The van der Waals surface area contributed by atoms with Gasteiger partial charge in [-0.1, -0.05) is 12.1 Å². The molecule has 12 heteroatoms. The Hall–Kier alpha value is -3.06. The summed E-state index contributed by atoms with van der Waals surface area (Å²) >= 11 is 0. The van der Waals surface area contributed by atoms with Crippen LogP contribution in [0.25, 0.3) is 0 Å². The average molecular weight is 524 g/mol. The van der Waals surface area contributed by atoms with Gasteiger partial charge in [0.15, 0.2) is 5.78 Å². The first-order valence-electron chi connectivity index (χ1n) is 12.4. The van der Waals surface area contributed by atoms with Gasteiger partial charge in [-0.15, -0.1) is 0 Å². The minimum Gasteiger partial charge on any atom is -0.508 e. The van der Waals surface area contributed by atoms with Gasteiger partial charge in [0, 0.05) is 20.0 Å². The van der Waals surface area contributed by atoms with Crippen LogP contribution in [0.1, 0.15) is 31.7 Å². The van der Waals surface area contributed by atoms with Gasteiger partial charge < -0.3 is 36.3 Å². The smallest absolute Gasteiger partial charge is 0.245 e. The number of nitrogens with two attached hydrogens (primary N) is 1. The van der Waals surface area contributed by atoms with E-state index in [-0.39, 0.29) is 49.1 Å². The van der Waals surface area contributed by atoms with Gasteiger partial charge in [0.1, 0.15) is 12.4 Å². The molecule has 0 fully saturated rings. The second-order valence-corrected chi connectivity index (χ2v) is 8.51. The molecule has 0 saturated heterocycles. The molecule has 0 aliphatic carbocycles. The molecule has 0 saturated carbocycles. The number of likely N-dealkylation sites (N-methyl/N-ethyl adjacent to an activating group) is 1. The van der Waals surface area contributed by atoms with Crippen molar-refractivity contribution in [1.29, 1.82) is 0 Å². The highest BCUT2D eigenvalue weighted by Crippen LogP contribution is 2.11. The van der Waals surface area contributed by atoms with Crippen molar-refractivity contribution in [1.82, 2.24) is 21.3 Å². The number of phenolic OH excluding ortho intramolecular Hbond substituents is 1. The molecule has 1 aromatic rings. The monoisotopic (exact) mass is 523 g/mol. The zero-order valence-corrected chi connectivity index (χ0v) is 21.7. The number of benzene rings is 1. The summed E-state index contributed by atoms with van der Waals surface area (Å²) in [4.78, 5) is 46.9. The maximum Gasteiger partial charge on any atom is 0.245 e. The van der Waals surface area contributed by atoms with E-state index < -0.39 is 11.9 Å². The van der Waals surface area contributed by atoms with Crippen LogP contribution in [0.15, 0.2) is 24.3 Å². The van der Waals surface area contributed by atoms with Gasteiger partial charge in [-0.25, -0.2) is 0 Å². The number of hydrogen-bond donors (Lipinski definition) is 6. The minimum atomic E-state index is -0.710. The summed E-state index contributed by atoms with van der Waals surface area (Å²) in [6.07, 6.45) is 2.30. The number of phenols is 1. The molecule has 1 aromatic carbocycles. The van der Waals surface area contributed by atoms with Gasteiger partial charge in [-0.05, 0) is 50.4 Å². The Morgan fingerprint density at radius 2 is 1.65 bits per heavy atom. The summed E-state index contributed by atoms with van der Waals surface area (Å²) in [5.41, 5.74) is 6.29. The summed E-state index contributed by atoms with van der Waals surface area (Å²) in [5.74, 6) is -0.856. The largest absolute Gasteiger partial charge is 0.508 e. The number of carbonyl (C=O) groups excluding carboxylic acids is 4. The first-order valence-corrected chi connectivity index (χ1v) is 12.4. The van der Waals surface area contributed by atoms with Crippen LogP contribution in [0, 0.1) is 0 Å². The van der Waals surface area contributed by atoms with Gasteiger partial charge >= 0.3 is 0 Å². The van der Waals surface area contributed by atoms with Crippen molar-refractivity contribution in [2.75, 3.05) is 53.1 Å². The second-order valence-electron chi connectivity index (χ2n) is 8.51. The van der Waals surface area contributed by atoms with E-state index >= 15 is 0 Å². The van der Waals surface area contributed by atoms with Crippen LogP contribution in [0.3, 0.4) is 0 Å². The van der Waals surface area contributed by atoms with Crippen LogP contribution >= 0.6 is 0 Å². The van der Waals surface area contributed by atoms with E-state index in [1.807, 2.05) is 0 Å². The number of unbranched alkanes of at least 4 members (excludes halogenated alkanes) is 1. The zero-order valence-electron chi connectivity index (χ0n) is 21.7. The van der Waals surface area contributed by atoms with E-state index in [0.29, 0.717) is 52.0 Å². The molecule has 208 valence electrons. The topological polar surface area (TPSA) is 181 Å². The second kappa shape index (κ2) is 19.1. The highest BCUT2D eigenvalue weighted by Gasteiger charge is 2.20. The van der Waals surface area contributed by atoms with Crippen molar-refractivity contribution in [3.63, 3.8) is 0 Å². The highest BCUT2D eigenvalue weighted by atomic mass is 16.5. The number of primary amides is 1. The Morgan fingerprint density at radius 1 is 0.946 bits per heavy atom. The lowest BCUT2D eigenvalue weighted by atomic mass is 10.0. The minimum absolute atomic E-state index is 0.0117. The molecule has 0 aliphatic heterocycles. The zero-order chi connectivity index (χ0) is 27.5. The van der Waals surface area contributed by atoms with Crippen molar-refractivity contribution in [3.05, 3.63) is 29.8 Å². The molecular weight excluding hydrogens is 482 g/mol. The van der Waals surface area contributed by atoms with Crippen LogP contribution in [-0.4, -0.2) is 93.8 Å². The number of ether oxygens (including phenoxy) is 2. The molecule has 0 aliphatic rings. The Morgan fingerprint density at radius 3 is 2.30 bits per heavy atom. The molecule has 12 nitrogen and oxygen atoms in total. The Labute approximate surface area is 218 Å². The lowest BCUT2D eigenvalue weighted by Crippen LogP contribution is -2.48. The lowest BCUT2D eigenvalue weighted by Gasteiger charge is -2.19. The number of aromatic hydroxyl groups is 1. The number of nitrogens with one attached hydrogen (secondary N) is 4. The summed E-state index contributed by atoms with van der Waals surface area (Å²) in [5, 5.41) is 20.7. The summed E-state index contributed by atoms with van der Waals surface area (Å²) < 4.78 is 10.5. The molecule has 7 N–H and O–H groups in total. The van der Waals surface area contributed by atoms with E-state index in [1.54, 1.807) is 19.2 Å². The fourth-order valence-electron chi connectivity index (χ4n) is 3.39. The molecule has 0 aromatic heterocycles. The van der Waals surface area contributed by atoms with E-state index in [0.717, 1.165) is 5.56 Å². The van der Waals surface area contributed by atoms with Gasteiger partial charge in [0.2, 0.25) is 17.7 Å². The molecule has 37 heavy (non-hydrogen) atoms. The summed E-state index contributed by atoms with van der Waals surface area (Å²) in [7, 11) is 1.70. The average Bonchev–Trinajstić information content (AvgIpc) is 2.86. The molecule has 0 unspecified atom stereocenters. The van der Waals surface area contributed by atoms with Gasteiger partial charge in [0.25, 0.3) is 0 Å². The SMILES string of the molecule is CN[C@@H](CCCCNC(=O)COCCOCCNC(C)=O)C(=O)CN[C@@H](Cc1ccc(O)cc1)C(N)=O. The molecule has 0 radical (unpaired) electrons. The van der Waals surface area contributed by atoms with Crippen molar-refractivity contribution < 1.29 is 33.8 Å². The maximum absolute atomic E-state index is 12.6. The molecule has 0 heterocycles. The van der Waals surface area contributed by atoms with Crippen LogP contribution in [0.2, 0.25) is 0 Å². The van der Waals surface area contributed by atoms with Gasteiger partial charge in [-0.3, -0.25) is 24.5 Å². The molecule has 3 amide bonds. The Bertz CT molecular complexity index is 835. The Balaban J connectivity index is 2.18. The fourth-order valence-corrected chi connectivity index (χ4v) is 3.39. The number of hydrogen-bond acceptors (Lipinski definition) is 9. The van der Waals surface area contributed by atoms with Crippen molar-refractivity contribution in [2.24, 2.45) is 5.73 Å². The van der Waals surface area contributed by atoms with Crippen LogP contribution in [0.5, 0.6) is 5.75 Å². The Kier molecular flexibility index (Phi) is 16.5. The summed E-state index contributed by atoms with van der Waals surface area (Å²) in [6.45, 7) is 3.25. The first kappa shape index (κ1) is 32.0. The van der Waals surface area contributed by atoms with Crippen LogP contribution < -0.4 is 27.0 Å². The van der Waals surface area contributed by atoms with Crippen LogP contribution in [0.4, 0.5) is 0 Å². The number of ketones is 1. The normalized spacial score (nSPS) is 12.5. The third-order valence-corrected chi connectivity index (χ3v) is 5.45. The number of amides is 3. The molecule has 0 spiro atoms. The fraction of sp³-hybridized carbons (Fsp3) is 0.600. The summed E-state index contributed by atoms with van der Waals surface area (Å²) in [6, 6.07) is 5.35. The highest BCUT2D eigenvalue weighted by molar-refractivity contribution is 5.87. The van der Waals surface area contributed by atoms with E-state index in [2.05, 4.69) is 21.3 Å². The third kappa shape index (κ3) is 15.6. The van der Waals surface area contributed by atoms with E-state index in [4.69, 9.17) is 15.2 Å². The van der Waals surface area contributed by atoms with Gasteiger partial charge in [-0.2, -0.15) is 0 Å². The van der Waals surface area contributed by atoms with Crippen LogP contribution in [-0.2, 0) is 35.1 Å². The maximum atomic E-state index is 12.6. The quantitative estimate of drug-likeness (QED) is 0.110.